The Morgan fingerprint density at radius 2 is 1.65 bits per heavy atom. The zero-order chi connectivity index (χ0) is 14.3. The average Bonchev–Trinajstić information content (AvgIpc) is 2.77. The molecular weight excluding hydrogens is 250 g/mol. The minimum atomic E-state index is -0.578. The summed E-state index contributed by atoms with van der Waals surface area (Å²) >= 11 is 0. The molecule has 114 valence electrons. The molecule has 0 bridgehead atoms. The third-order valence-corrected chi connectivity index (χ3v) is 6.00. The molecule has 3 nitrogen and oxygen atoms in total. The van der Waals surface area contributed by atoms with E-state index in [4.69, 9.17) is 0 Å². The highest BCUT2D eigenvalue weighted by Gasteiger charge is 2.48. The molecule has 0 aromatic heterocycles. The molecule has 0 spiro atoms. The van der Waals surface area contributed by atoms with Crippen LogP contribution in [0.5, 0.6) is 0 Å². The molecule has 3 heteroatoms. The monoisotopic (exact) mass is 279 g/mol. The highest BCUT2D eigenvalue weighted by Crippen LogP contribution is 2.44. The standard InChI is InChI=1S/C17H29NO2/c1-11-7-12(2)9-14(8-11)18-15-6-4-3-5-13(15)10-16(18)17(19)20/h11-16H,3-10H2,1-2H3,(H,19,20). The molecule has 1 aliphatic heterocycles. The molecule has 1 saturated heterocycles. The number of carbonyl (C=O) groups is 1. The fraction of sp³-hybridized carbons (Fsp3) is 0.941. The summed E-state index contributed by atoms with van der Waals surface area (Å²) in [6, 6.07) is 0.876. The fourth-order valence-electron chi connectivity index (χ4n) is 5.40. The van der Waals surface area contributed by atoms with Gasteiger partial charge in [0.15, 0.2) is 0 Å². The van der Waals surface area contributed by atoms with Gasteiger partial charge in [-0.3, -0.25) is 9.69 Å². The van der Waals surface area contributed by atoms with Crippen LogP contribution in [0.2, 0.25) is 0 Å². The minimum Gasteiger partial charge on any atom is -0.480 e. The first-order valence-corrected chi connectivity index (χ1v) is 8.56. The Hall–Kier alpha value is -0.570. The highest BCUT2D eigenvalue weighted by atomic mass is 16.4. The second-order valence-electron chi connectivity index (χ2n) is 7.72. The molecule has 0 aromatic carbocycles. The molecule has 1 N–H and O–H groups in total. The van der Waals surface area contributed by atoms with Crippen LogP contribution in [-0.2, 0) is 4.79 Å². The zero-order valence-corrected chi connectivity index (χ0v) is 12.9. The Labute approximate surface area is 122 Å². The van der Waals surface area contributed by atoms with Gasteiger partial charge in [-0.15, -0.1) is 0 Å². The van der Waals surface area contributed by atoms with Crippen LogP contribution in [0.3, 0.4) is 0 Å². The van der Waals surface area contributed by atoms with E-state index < -0.39 is 5.97 Å². The molecule has 20 heavy (non-hydrogen) atoms. The van der Waals surface area contributed by atoms with Gasteiger partial charge in [0.25, 0.3) is 0 Å². The van der Waals surface area contributed by atoms with Crippen LogP contribution in [0.4, 0.5) is 0 Å². The van der Waals surface area contributed by atoms with Crippen molar-refractivity contribution in [2.75, 3.05) is 0 Å². The Kier molecular flexibility index (Phi) is 4.07. The molecule has 2 aliphatic carbocycles. The quantitative estimate of drug-likeness (QED) is 0.840. The number of rotatable bonds is 2. The molecule has 3 fully saturated rings. The first-order valence-electron chi connectivity index (χ1n) is 8.56. The number of nitrogens with zero attached hydrogens (tertiary/aromatic N) is 1. The molecule has 5 atom stereocenters. The molecular formula is C17H29NO2. The summed E-state index contributed by atoms with van der Waals surface area (Å²) in [6.45, 7) is 4.68. The van der Waals surface area contributed by atoms with Crippen molar-refractivity contribution in [1.29, 1.82) is 0 Å². The lowest BCUT2D eigenvalue weighted by molar-refractivity contribution is -0.144. The van der Waals surface area contributed by atoms with Crippen molar-refractivity contribution in [2.24, 2.45) is 17.8 Å². The van der Waals surface area contributed by atoms with Crippen LogP contribution in [0, 0.1) is 17.8 Å². The van der Waals surface area contributed by atoms with Crippen LogP contribution in [0.15, 0.2) is 0 Å². The van der Waals surface area contributed by atoms with E-state index in [-0.39, 0.29) is 6.04 Å². The molecule has 3 aliphatic rings. The molecule has 3 rings (SSSR count). The molecule has 5 unspecified atom stereocenters. The minimum absolute atomic E-state index is 0.203. The predicted octanol–water partition coefficient (Wildman–Crippen LogP) is 3.53. The van der Waals surface area contributed by atoms with Gasteiger partial charge in [-0.25, -0.2) is 0 Å². The normalized spacial score (nSPS) is 46.1. The Balaban J connectivity index is 1.81. The van der Waals surface area contributed by atoms with E-state index in [1.807, 2.05) is 0 Å². The maximum absolute atomic E-state index is 11.7. The van der Waals surface area contributed by atoms with Gasteiger partial charge in [0.2, 0.25) is 0 Å². The van der Waals surface area contributed by atoms with Crippen molar-refractivity contribution >= 4 is 5.97 Å². The van der Waals surface area contributed by atoms with Gasteiger partial charge in [-0.1, -0.05) is 26.7 Å². The maximum Gasteiger partial charge on any atom is 0.320 e. The maximum atomic E-state index is 11.7. The van der Waals surface area contributed by atoms with Crippen molar-refractivity contribution < 1.29 is 9.90 Å². The van der Waals surface area contributed by atoms with Crippen LogP contribution in [0.25, 0.3) is 0 Å². The van der Waals surface area contributed by atoms with Crippen molar-refractivity contribution in [3.8, 4) is 0 Å². The second-order valence-corrected chi connectivity index (χ2v) is 7.72. The largest absolute Gasteiger partial charge is 0.480 e. The SMILES string of the molecule is CC1CC(C)CC(N2C(C(=O)O)CC3CCCCC32)C1. The Morgan fingerprint density at radius 1 is 1.00 bits per heavy atom. The number of hydrogen-bond acceptors (Lipinski definition) is 2. The van der Waals surface area contributed by atoms with E-state index in [1.54, 1.807) is 0 Å². The predicted molar refractivity (Wildman–Crippen MR) is 79.6 cm³/mol. The van der Waals surface area contributed by atoms with Crippen molar-refractivity contribution in [3.05, 3.63) is 0 Å². The van der Waals surface area contributed by atoms with Gasteiger partial charge in [0, 0.05) is 12.1 Å². The van der Waals surface area contributed by atoms with Crippen LogP contribution in [0.1, 0.15) is 65.2 Å². The smallest absolute Gasteiger partial charge is 0.320 e. The first-order chi connectivity index (χ1) is 9.56. The van der Waals surface area contributed by atoms with Crippen LogP contribution >= 0.6 is 0 Å². The van der Waals surface area contributed by atoms with Gasteiger partial charge in [-0.05, 0) is 56.3 Å². The number of aliphatic carboxylic acids is 1. The first kappa shape index (κ1) is 14.4. The zero-order valence-electron chi connectivity index (χ0n) is 12.9. The van der Waals surface area contributed by atoms with Crippen LogP contribution in [-0.4, -0.2) is 34.1 Å². The summed E-state index contributed by atoms with van der Waals surface area (Å²) in [5.41, 5.74) is 0. The van der Waals surface area contributed by atoms with E-state index in [9.17, 15) is 9.90 Å². The summed E-state index contributed by atoms with van der Waals surface area (Å²) in [5, 5.41) is 9.65. The fourth-order valence-corrected chi connectivity index (χ4v) is 5.40. The Bertz CT molecular complexity index is 360. The van der Waals surface area contributed by atoms with Crippen molar-refractivity contribution in [2.45, 2.75) is 83.3 Å². The van der Waals surface area contributed by atoms with E-state index >= 15 is 0 Å². The second kappa shape index (κ2) is 5.67. The summed E-state index contributed by atoms with van der Waals surface area (Å²) in [7, 11) is 0. The van der Waals surface area contributed by atoms with Gasteiger partial charge in [0.1, 0.15) is 6.04 Å². The van der Waals surface area contributed by atoms with Gasteiger partial charge in [0.05, 0.1) is 0 Å². The number of carboxylic acids is 1. The number of fused-ring (bicyclic) bond motifs is 1. The van der Waals surface area contributed by atoms with Gasteiger partial charge >= 0.3 is 5.97 Å². The lowest BCUT2D eigenvalue weighted by atomic mass is 9.78. The van der Waals surface area contributed by atoms with Crippen molar-refractivity contribution in [1.82, 2.24) is 4.90 Å². The van der Waals surface area contributed by atoms with Crippen LogP contribution < -0.4 is 0 Å². The molecule has 2 saturated carbocycles. The molecule has 0 amide bonds. The summed E-state index contributed by atoms with van der Waals surface area (Å²) in [5.74, 6) is 1.57. The van der Waals surface area contributed by atoms with Gasteiger partial charge < -0.3 is 5.11 Å². The topological polar surface area (TPSA) is 40.5 Å². The molecule has 0 radical (unpaired) electrons. The summed E-state index contributed by atoms with van der Waals surface area (Å²) < 4.78 is 0. The number of likely N-dealkylation sites (tertiary alicyclic amines) is 1. The van der Waals surface area contributed by atoms with Crippen molar-refractivity contribution in [3.63, 3.8) is 0 Å². The third kappa shape index (κ3) is 2.61. The van der Waals surface area contributed by atoms with E-state index in [0.717, 1.165) is 18.3 Å². The van der Waals surface area contributed by atoms with E-state index in [1.165, 1.54) is 44.9 Å². The molecule has 0 aromatic rings. The third-order valence-electron chi connectivity index (χ3n) is 6.00. The number of carboxylic acid groups (broad SMARTS) is 1. The highest BCUT2D eigenvalue weighted by molar-refractivity contribution is 5.74. The number of hydrogen-bond donors (Lipinski definition) is 1. The summed E-state index contributed by atoms with van der Waals surface area (Å²) in [6.07, 6.45) is 9.71. The summed E-state index contributed by atoms with van der Waals surface area (Å²) in [4.78, 5) is 14.2. The van der Waals surface area contributed by atoms with Gasteiger partial charge in [-0.2, -0.15) is 0 Å². The lowest BCUT2D eigenvalue weighted by Crippen LogP contribution is -2.50. The Morgan fingerprint density at radius 3 is 2.30 bits per heavy atom. The van der Waals surface area contributed by atoms with E-state index in [2.05, 4.69) is 18.7 Å². The average molecular weight is 279 g/mol. The van der Waals surface area contributed by atoms with E-state index in [0.29, 0.717) is 18.0 Å². The lowest BCUT2D eigenvalue weighted by Gasteiger charge is -2.43. The molecule has 1 heterocycles.